The molecule has 0 aromatic carbocycles. The van der Waals surface area contributed by atoms with Gasteiger partial charge in [-0.2, -0.15) is 11.8 Å². The number of nitrogens with zero attached hydrogens (tertiary/aromatic N) is 3. The highest BCUT2D eigenvalue weighted by atomic mass is 35.5. The smallest absolute Gasteiger partial charge is 0.135 e. The van der Waals surface area contributed by atoms with E-state index in [1.54, 1.807) is 0 Å². The van der Waals surface area contributed by atoms with Crippen LogP contribution in [0.15, 0.2) is 6.07 Å². The summed E-state index contributed by atoms with van der Waals surface area (Å²) < 4.78 is 0.354. The average Bonchev–Trinajstić information content (AvgIpc) is 2.49. The first-order chi connectivity index (χ1) is 8.87. The highest BCUT2D eigenvalue weighted by molar-refractivity contribution is 8.00. The molecule has 0 unspecified atom stereocenters. The summed E-state index contributed by atoms with van der Waals surface area (Å²) in [5, 5.41) is 0.546. The van der Waals surface area contributed by atoms with Crippen LogP contribution >= 0.6 is 23.4 Å². The maximum absolute atomic E-state index is 6.13. The molecule has 2 heterocycles. The Bertz CT molecular complexity index is 448. The summed E-state index contributed by atoms with van der Waals surface area (Å²) in [4.78, 5) is 11.3. The number of rotatable bonds is 2. The second-order valence-corrected chi connectivity index (χ2v) is 8.10. The van der Waals surface area contributed by atoms with Gasteiger partial charge < -0.3 is 4.90 Å². The van der Waals surface area contributed by atoms with Crippen LogP contribution in [0, 0.1) is 0 Å². The third-order valence-electron chi connectivity index (χ3n) is 3.38. The van der Waals surface area contributed by atoms with Gasteiger partial charge in [-0.3, -0.25) is 0 Å². The van der Waals surface area contributed by atoms with E-state index in [2.05, 4.69) is 42.6 Å². The van der Waals surface area contributed by atoms with Crippen molar-refractivity contribution in [3.63, 3.8) is 0 Å². The molecule has 0 radical (unpaired) electrons. The summed E-state index contributed by atoms with van der Waals surface area (Å²) in [5.74, 6) is 3.24. The number of anilines is 1. The fourth-order valence-electron chi connectivity index (χ4n) is 2.09. The third-order valence-corrected chi connectivity index (χ3v) is 4.94. The highest BCUT2D eigenvalue weighted by Crippen LogP contribution is 2.32. The first-order valence-electron chi connectivity index (χ1n) is 6.81. The molecule has 3 nitrogen and oxygen atoms in total. The fraction of sp³-hybridized carbons (Fsp3) is 0.714. The molecule has 0 bridgehead atoms. The van der Waals surface area contributed by atoms with Crippen molar-refractivity contribution in [2.45, 2.75) is 44.8 Å². The molecule has 0 aliphatic carbocycles. The van der Waals surface area contributed by atoms with Gasteiger partial charge in [0.1, 0.15) is 16.8 Å². The van der Waals surface area contributed by atoms with Gasteiger partial charge in [0, 0.05) is 35.6 Å². The average molecular weight is 300 g/mol. The molecule has 0 N–H and O–H groups in total. The van der Waals surface area contributed by atoms with Gasteiger partial charge >= 0.3 is 0 Å². The summed E-state index contributed by atoms with van der Waals surface area (Å²) >= 11 is 8.16. The van der Waals surface area contributed by atoms with E-state index in [9.17, 15) is 0 Å². The largest absolute Gasteiger partial charge is 0.356 e. The minimum absolute atomic E-state index is 0.301. The molecular weight excluding hydrogens is 278 g/mol. The van der Waals surface area contributed by atoms with Gasteiger partial charge in [-0.15, -0.1) is 0 Å². The molecule has 1 aromatic rings. The van der Waals surface area contributed by atoms with Gasteiger partial charge in [0.25, 0.3) is 0 Å². The molecule has 19 heavy (non-hydrogen) atoms. The quantitative estimate of drug-likeness (QED) is 0.773. The van der Waals surface area contributed by atoms with Crippen LogP contribution in [0.1, 0.15) is 45.9 Å². The van der Waals surface area contributed by atoms with Crippen LogP contribution in [0.3, 0.4) is 0 Å². The molecular formula is C14H22ClN3S. The van der Waals surface area contributed by atoms with Crippen molar-refractivity contribution in [3.8, 4) is 0 Å². The van der Waals surface area contributed by atoms with Gasteiger partial charge in [-0.1, -0.05) is 39.3 Å². The van der Waals surface area contributed by atoms with E-state index in [1.165, 1.54) is 0 Å². The third kappa shape index (κ3) is 3.99. The normalized spacial score (nSPS) is 19.6. The lowest BCUT2D eigenvalue weighted by Crippen LogP contribution is -2.28. The molecule has 5 heteroatoms. The van der Waals surface area contributed by atoms with Crippen LogP contribution in [0.5, 0.6) is 0 Å². The van der Waals surface area contributed by atoms with Gasteiger partial charge in [-0.05, 0) is 6.42 Å². The number of halogens is 1. The van der Waals surface area contributed by atoms with Crippen LogP contribution in [0.25, 0.3) is 0 Å². The zero-order valence-corrected chi connectivity index (χ0v) is 13.7. The summed E-state index contributed by atoms with van der Waals surface area (Å²) in [6, 6.07) is 1.89. The molecule has 0 saturated carbocycles. The monoisotopic (exact) mass is 299 g/mol. The Balaban J connectivity index is 2.21. The van der Waals surface area contributed by atoms with Gasteiger partial charge in [0.2, 0.25) is 0 Å². The zero-order chi connectivity index (χ0) is 14.0. The number of hydrogen-bond donors (Lipinski definition) is 0. The predicted octanol–water partition coefficient (Wildman–Crippen LogP) is 3.98. The van der Waals surface area contributed by atoms with Crippen molar-refractivity contribution < 1.29 is 0 Å². The van der Waals surface area contributed by atoms with Crippen LogP contribution in [-0.2, 0) is 0 Å². The Morgan fingerprint density at radius 1 is 1.32 bits per heavy atom. The van der Waals surface area contributed by atoms with Crippen molar-refractivity contribution in [2.24, 2.45) is 0 Å². The standard InChI is InChI=1S/C14H22ClN3S/c1-10(2)13-16-11(15)9-12(17-13)18-6-5-14(3,4)19-8-7-18/h9-10H,5-8H2,1-4H3. The van der Waals surface area contributed by atoms with E-state index in [1.807, 2.05) is 17.8 Å². The number of aromatic nitrogens is 2. The zero-order valence-electron chi connectivity index (χ0n) is 12.1. The Labute approximate surface area is 125 Å². The van der Waals surface area contributed by atoms with Crippen molar-refractivity contribution in [1.29, 1.82) is 0 Å². The first kappa shape index (κ1) is 14.9. The maximum atomic E-state index is 6.13. The van der Waals surface area contributed by atoms with Gasteiger partial charge in [0.15, 0.2) is 0 Å². The van der Waals surface area contributed by atoms with E-state index < -0.39 is 0 Å². The Morgan fingerprint density at radius 2 is 2.05 bits per heavy atom. The van der Waals surface area contributed by atoms with E-state index in [0.29, 0.717) is 15.8 Å². The van der Waals surface area contributed by atoms with Crippen molar-refractivity contribution in [1.82, 2.24) is 9.97 Å². The molecule has 0 amide bonds. The van der Waals surface area contributed by atoms with Crippen LogP contribution in [0.4, 0.5) is 5.82 Å². The van der Waals surface area contributed by atoms with Crippen molar-refractivity contribution in [3.05, 3.63) is 17.0 Å². The minimum atomic E-state index is 0.301. The highest BCUT2D eigenvalue weighted by Gasteiger charge is 2.24. The lowest BCUT2D eigenvalue weighted by atomic mass is 10.1. The summed E-state index contributed by atoms with van der Waals surface area (Å²) in [5.41, 5.74) is 0. The lowest BCUT2D eigenvalue weighted by Gasteiger charge is -2.24. The molecule has 2 rings (SSSR count). The Hall–Kier alpha value is -0.480. The molecule has 1 aliphatic rings. The fourth-order valence-corrected chi connectivity index (χ4v) is 3.38. The second-order valence-electron chi connectivity index (χ2n) is 5.91. The van der Waals surface area contributed by atoms with Gasteiger partial charge in [0.05, 0.1) is 0 Å². The first-order valence-corrected chi connectivity index (χ1v) is 8.17. The summed E-state index contributed by atoms with van der Waals surface area (Å²) in [6.45, 7) is 10.9. The molecule has 0 atom stereocenters. The van der Waals surface area contributed by atoms with Gasteiger partial charge in [-0.25, -0.2) is 9.97 Å². The van der Waals surface area contributed by atoms with Crippen molar-refractivity contribution in [2.75, 3.05) is 23.7 Å². The summed E-state index contributed by atoms with van der Waals surface area (Å²) in [7, 11) is 0. The van der Waals surface area contributed by atoms with E-state index in [4.69, 9.17) is 11.6 Å². The lowest BCUT2D eigenvalue weighted by molar-refractivity contribution is 0.632. The molecule has 106 valence electrons. The van der Waals surface area contributed by atoms with E-state index in [0.717, 1.165) is 36.9 Å². The molecule has 1 saturated heterocycles. The van der Waals surface area contributed by atoms with Crippen LogP contribution in [-0.4, -0.2) is 33.6 Å². The minimum Gasteiger partial charge on any atom is -0.356 e. The topological polar surface area (TPSA) is 29.0 Å². The van der Waals surface area contributed by atoms with Crippen LogP contribution in [0.2, 0.25) is 5.15 Å². The number of thioether (sulfide) groups is 1. The Kier molecular flexibility index (Phi) is 4.62. The van der Waals surface area contributed by atoms with Crippen LogP contribution < -0.4 is 4.90 Å². The second kappa shape index (κ2) is 5.88. The van der Waals surface area contributed by atoms with Crippen molar-refractivity contribution >= 4 is 29.2 Å². The summed E-state index contributed by atoms with van der Waals surface area (Å²) in [6.07, 6.45) is 1.16. The molecule has 0 spiro atoms. The molecule has 1 fully saturated rings. The number of hydrogen-bond acceptors (Lipinski definition) is 4. The SMILES string of the molecule is CC(C)c1nc(Cl)cc(N2CCSC(C)(C)CC2)n1. The predicted molar refractivity (Wildman–Crippen MR) is 84.5 cm³/mol. The molecule has 1 aromatic heterocycles. The molecule has 1 aliphatic heterocycles. The Morgan fingerprint density at radius 3 is 2.74 bits per heavy atom. The van der Waals surface area contributed by atoms with E-state index in [-0.39, 0.29) is 0 Å². The van der Waals surface area contributed by atoms with E-state index >= 15 is 0 Å². The maximum Gasteiger partial charge on any atom is 0.135 e.